The molecule has 1 aliphatic rings. The van der Waals surface area contributed by atoms with E-state index < -0.39 is 20.7 Å². The normalized spacial score (nSPS) is 14.5. The molecule has 0 amide bonds. The van der Waals surface area contributed by atoms with E-state index in [1.165, 1.54) is 36.6 Å². The maximum Gasteiger partial charge on any atom is 0.264 e. The quantitative estimate of drug-likeness (QED) is 0.184. The van der Waals surface area contributed by atoms with Gasteiger partial charge in [-0.1, -0.05) is 54.6 Å². The number of hydrogen-bond acceptors (Lipinski definition) is 5. The van der Waals surface area contributed by atoms with Crippen LogP contribution in [-0.2, 0) is 16.6 Å². The zero-order chi connectivity index (χ0) is 28.4. The molecular formula is C32H29FN4O3S. The molecule has 208 valence electrons. The van der Waals surface area contributed by atoms with Crippen LogP contribution in [0.4, 0.5) is 15.8 Å². The molecule has 41 heavy (non-hydrogen) atoms. The summed E-state index contributed by atoms with van der Waals surface area (Å²) in [6, 6.07) is 27.6. The topological polar surface area (TPSA) is 97.8 Å². The molecule has 0 bridgehead atoms. The van der Waals surface area contributed by atoms with Crippen LogP contribution in [0.2, 0.25) is 0 Å². The van der Waals surface area contributed by atoms with Crippen molar-refractivity contribution in [2.75, 3.05) is 17.8 Å². The molecular weight excluding hydrogens is 539 g/mol. The van der Waals surface area contributed by atoms with Crippen LogP contribution in [0.25, 0.3) is 10.9 Å². The van der Waals surface area contributed by atoms with Gasteiger partial charge < -0.3 is 10.1 Å². The van der Waals surface area contributed by atoms with E-state index in [1.54, 1.807) is 18.2 Å². The lowest BCUT2D eigenvalue weighted by molar-refractivity contribution is 0.331. The van der Waals surface area contributed by atoms with Crippen LogP contribution in [0.1, 0.15) is 29.5 Å². The Hall–Kier alpha value is -4.47. The molecule has 2 heterocycles. The predicted molar refractivity (Wildman–Crippen MR) is 160 cm³/mol. The maximum absolute atomic E-state index is 14.3. The first-order chi connectivity index (χ1) is 19.9. The Morgan fingerprint density at radius 2 is 1.63 bits per heavy atom. The molecule has 1 fully saturated rings. The van der Waals surface area contributed by atoms with E-state index in [9.17, 15) is 17.9 Å². The van der Waals surface area contributed by atoms with Gasteiger partial charge in [-0.25, -0.2) is 17.8 Å². The minimum absolute atomic E-state index is 0.0950. The molecule has 6 rings (SSSR count). The number of likely N-dealkylation sites (tertiary alicyclic amines) is 1. The Morgan fingerprint density at radius 1 is 0.927 bits per heavy atom. The van der Waals surface area contributed by atoms with Gasteiger partial charge in [0.25, 0.3) is 10.0 Å². The second kappa shape index (κ2) is 11.2. The third kappa shape index (κ3) is 5.73. The number of rotatable bonds is 8. The van der Waals surface area contributed by atoms with Crippen LogP contribution in [-0.4, -0.2) is 42.2 Å². The summed E-state index contributed by atoms with van der Waals surface area (Å²) in [4.78, 5) is 9.92. The summed E-state index contributed by atoms with van der Waals surface area (Å²) in [5.74, 6) is -0.937. The fraction of sp³-hybridized carbons (Fsp3) is 0.156. The Labute approximate surface area is 238 Å². The lowest BCUT2D eigenvalue weighted by Crippen LogP contribution is -2.18. The average Bonchev–Trinajstić information content (AvgIpc) is 3.60. The number of sulfonamides is 1. The Balaban J connectivity index is 1.40. The van der Waals surface area contributed by atoms with Gasteiger partial charge in [0, 0.05) is 28.7 Å². The summed E-state index contributed by atoms with van der Waals surface area (Å²) >= 11 is 0. The van der Waals surface area contributed by atoms with Crippen LogP contribution in [0.15, 0.2) is 107 Å². The minimum Gasteiger partial charge on any atom is -0.494 e. The van der Waals surface area contributed by atoms with E-state index in [4.69, 9.17) is 4.99 Å². The molecule has 0 atom stereocenters. The van der Waals surface area contributed by atoms with Crippen molar-refractivity contribution in [1.29, 1.82) is 0 Å². The molecule has 4 aromatic carbocycles. The molecule has 3 N–H and O–H groups in total. The molecule has 7 nitrogen and oxygen atoms in total. The summed E-state index contributed by atoms with van der Waals surface area (Å²) in [5.41, 5.74) is 4.49. The van der Waals surface area contributed by atoms with E-state index in [0.29, 0.717) is 22.2 Å². The highest BCUT2D eigenvalue weighted by Crippen LogP contribution is 2.34. The van der Waals surface area contributed by atoms with Crippen LogP contribution < -0.4 is 4.72 Å². The van der Waals surface area contributed by atoms with Crippen molar-refractivity contribution in [3.63, 3.8) is 0 Å². The number of hydrogen-bond donors (Lipinski definition) is 3. The maximum atomic E-state index is 14.3. The molecule has 0 unspecified atom stereocenters. The monoisotopic (exact) mass is 568 g/mol. The third-order valence-corrected chi connectivity index (χ3v) is 8.64. The highest BCUT2D eigenvalue weighted by atomic mass is 32.2. The van der Waals surface area contributed by atoms with Crippen LogP contribution >= 0.6 is 0 Å². The van der Waals surface area contributed by atoms with Crippen molar-refractivity contribution in [3.05, 3.63) is 120 Å². The van der Waals surface area contributed by atoms with Gasteiger partial charge in [0.15, 0.2) is 5.88 Å². The number of nitrogens with zero attached hydrogens (tertiary/aromatic N) is 2. The highest BCUT2D eigenvalue weighted by molar-refractivity contribution is 7.92. The van der Waals surface area contributed by atoms with Gasteiger partial charge >= 0.3 is 0 Å². The summed E-state index contributed by atoms with van der Waals surface area (Å²) in [6.45, 7) is 3.15. The molecule has 5 aromatic rings. The molecule has 0 spiro atoms. The second-order valence-corrected chi connectivity index (χ2v) is 11.8. The van der Waals surface area contributed by atoms with Gasteiger partial charge in [0.1, 0.15) is 10.7 Å². The first-order valence-corrected chi connectivity index (χ1v) is 14.9. The predicted octanol–water partition coefficient (Wildman–Crippen LogP) is 6.58. The van der Waals surface area contributed by atoms with E-state index in [-0.39, 0.29) is 11.6 Å². The number of H-pyrrole nitrogens is 1. The lowest BCUT2D eigenvalue weighted by atomic mass is 10.0. The number of aromatic amines is 1. The van der Waals surface area contributed by atoms with Crippen molar-refractivity contribution >= 4 is 38.0 Å². The standard InChI is InChI=1S/C32H29FN4O3S/c33-27-10-4-5-11-29(27)41(39,40)36-25-16-17-28-26(20-25)30(32(38)35-28)31(23-8-2-1-3-9-23)34-24-14-12-22(13-15-24)21-37-18-6-7-19-37/h1-5,8-17,20,35-36,38H,6-7,18-19,21H2. The number of halogens is 1. The van der Waals surface area contributed by atoms with Crippen molar-refractivity contribution in [3.8, 4) is 5.88 Å². The van der Waals surface area contributed by atoms with E-state index in [2.05, 4.69) is 26.7 Å². The molecule has 0 saturated carbocycles. The molecule has 1 aliphatic heterocycles. The summed E-state index contributed by atoms with van der Waals surface area (Å²) in [6.07, 6.45) is 2.48. The Bertz CT molecular complexity index is 1830. The fourth-order valence-electron chi connectivity index (χ4n) is 5.22. The van der Waals surface area contributed by atoms with Gasteiger partial charge in [-0.05, 0) is 74.0 Å². The molecule has 1 aromatic heterocycles. The zero-order valence-corrected chi connectivity index (χ0v) is 23.0. The molecule has 0 radical (unpaired) electrons. The number of benzene rings is 4. The molecule has 1 saturated heterocycles. The van der Waals surface area contributed by atoms with Crippen LogP contribution in [0.5, 0.6) is 5.88 Å². The largest absolute Gasteiger partial charge is 0.494 e. The van der Waals surface area contributed by atoms with E-state index in [1.807, 2.05) is 42.5 Å². The van der Waals surface area contributed by atoms with Crippen molar-refractivity contribution in [1.82, 2.24) is 9.88 Å². The first kappa shape index (κ1) is 26.7. The van der Waals surface area contributed by atoms with Crippen LogP contribution in [0, 0.1) is 5.82 Å². The summed E-state index contributed by atoms with van der Waals surface area (Å²) in [5, 5.41) is 11.6. The molecule has 9 heteroatoms. The van der Waals surface area contributed by atoms with Gasteiger partial charge in [-0.15, -0.1) is 0 Å². The van der Waals surface area contributed by atoms with Gasteiger partial charge in [-0.3, -0.25) is 9.62 Å². The third-order valence-electron chi connectivity index (χ3n) is 7.22. The Kier molecular flexibility index (Phi) is 7.30. The van der Waals surface area contributed by atoms with E-state index in [0.717, 1.165) is 37.0 Å². The van der Waals surface area contributed by atoms with Crippen molar-refractivity contribution in [2.24, 2.45) is 4.99 Å². The van der Waals surface area contributed by atoms with Crippen molar-refractivity contribution in [2.45, 2.75) is 24.3 Å². The summed E-state index contributed by atoms with van der Waals surface area (Å²) < 4.78 is 42.6. The minimum atomic E-state index is -4.18. The smallest absolute Gasteiger partial charge is 0.264 e. The average molecular weight is 569 g/mol. The number of aliphatic imine (C=N–C) groups is 1. The van der Waals surface area contributed by atoms with Crippen LogP contribution in [0.3, 0.4) is 0 Å². The number of aromatic nitrogens is 1. The fourth-order valence-corrected chi connectivity index (χ4v) is 6.35. The Morgan fingerprint density at radius 3 is 2.37 bits per heavy atom. The van der Waals surface area contributed by atoms with Crippen molar-refractivity contribution < 1.29 is 17.9 Å². The lowest BCUT2D eigenvalue weighted by Gasteiger charge is -2.14. The summed E-state index contributed by atoms with van der Waals surface area (Å²) in [7, 11) is -4.18. The van der Waals surface area contributed by atoms with Gasteiger partial charge in [0.05, 0.1) is 17.0 Å². The SMILES string of the molecule is O=S(=O)(Nc1ccc2[nH]c(O)c(C(=Nc3ccc(CN4CCCC4)cc3)c3ccccc3)c2c1)c1ccccc1F. The van der Waals surface area contributed by atoms with Gasteiger partial charge in [0.2, 0.25) is 0 Å². The number of fused-ring (bicyclic) bond motifs is 1. The zero-order valence-electron chi connectivity index (χ0n) is 22.2. The second-order valence-electron chi connectivity index (χ2n) is 10.1. The highest BCUT2D eigenvalue weighted by Gasteiger charge is 2.22. The first-order valence-electron chi connectivity index (χ1n) is 13.5. The number of nitrogens with one attached hydrogen (secondary N) is 2. The number of anilines is 1. The van der Waals surface area contributed by atoms with E-state index >= 15 is 0 Å². The van der Waals surface area contributed by atoms with Gasteiger partial charge in [-0.2, -0.15) is 0 Å². The number of aromatic hydroxyl groups is 1. The molecule has 0 aliphatic carbocycles.